The van der Waals surface area contributed by atoms with Gasteiger partial charge in [-0.2, -0.15) is 0 Å². The molecule has 0 bridgehead atoms. The van der Waals surface area contributed by atoms with Gasteiger partial charge in [-0.1, -0.05) is 34.2 Å². The monoisotopic (exact) mass is 292 g/mol. The molecular formula is C14H12O5S. The van der Waals surface area contributed by atoms with Gasteiger partial charge in [0.05, 0.1) is 0 Å². The number of aromatic carboxylic acids is 1. The highest BCUT2D eigenvalue weighted by atomic mass is 32.2. The van der Waals surface area contributed by atoms with Crippen LogP contribution >= 0.6 is 12.3 Å². The average Bonchev–Trinajstić information content (AvgIpc) is 2.46. The van der Waals surface area contributed by atoms with Crippen LogP contribution in [-0.2, 0) is 4.33 Å². The zero-order valence-electron chi connectivity index (χ0n) is 10.6. The number of carboxylic acid groups (broad SMARTS) is 1. The lowest BCUT2D eigenvalue weighted by atomic mass is 10.2. The number of carboxylic acids is 1. The van der Waals surface area contributed by atoms with E-state index < -0.39 is 5.97 Å². The van der Waals surface area contributed by atoms with E-state index in [1.54, 1.807) is 24.3 Å². The lowest BCUT2D eigenvalue weighted by molar-refractivity contribution is -0.0834. The minimum Gasteiger partial charge on any atom is -0.478 e. The average molecular weight is 292 g/mol. The Hall–Kier alpha value is -2.18. The first kappa shape index (κ1) is 14.2. The minimum atomic E-state index is -1.07. The molecule has 5 nitrogen and oxygen atoms in total. The second-order valence-electron chi connectivity index (χ2n) is 3.92. The van der Waals surface area contributed by atoms with E-state index in [4.69, 9.17) is 18.5 Å². The number of benzene rings is 2. The van der Waals surface area contributed by atoms with Crippen LogP contribution in [0.15, 0.2) is 48.5 Å². The highest BCUT2D eigenvalue weighted by Crippen LogP contribution is 2.23. The Balaban J connectivity index is 1.84. The third-order valence-corrected chi connectivity index (χ3v) is 2.79. The second-order valence-corrected chi connectivity index (χ2v) is 4.36. The number of aryl methyl sites for hydroxylation is 1. The summed E-state index contributed by atoms with van der Waals surface area (Å²) in [5.74, 6) is -0.351. The van der Waals surface area contributed by atoms with Crippen LogP contribution in [0.5, 0.6) is 11.5 Å². The fourth-order valence-electron chi connectivity index (χ4n) is 1.41. The Labute approximate surface area is 120 Å². The summed E-state index contributed by atoms with van der Waals surface area (Å²) >= 11 is 0.551. The molecule has 0 aliphatic heterocycles. The van der Waals surface area contributed by atoms with Gasteiger partial charge in [0.15, 0.2) is 11.5 Å². The van der Waals surface area contributed by atoms with E-state index >= 15 is 0 Å². The normalized spacial score (nSPS) is 10.1. The third-order valence-electron chi connectivity index (χ3n) is 2.42. The summed E-state index contributed by atoms with van der Waals surface area (Å²) in [7, 11) is 0. The smallest absolute Gasteiger partial charge is 0.339 e. The van der Waals surface area contributed by atoms with Gasteiger partial charge in [0.1, 0.15) is 5.56 Å². The molecule has 6 heteroatoms. The highest BCUT2D eigenvalue weighted by molar-refractivity contribution is 7.90. The first-order valence-corrected chi connectivity index (χ1v) is 6.40. The Morgan fingerprint density at radius 2 is 1.80 bits per heavy atom. The molecule has 0 heterocycles. The predicted octanol–water partition coefficient (Wildman–Crippen LogP) is 3.65. The quantitative estimate of drug-likeness (QED) is 0.379. The van der Waals surface area contributed by atoms with Gasteiger partial charge < -0.3 is 14.2 Å². The van der Waals surface area contributed by atoms with Crippen molar-refractivity contribution >= 4 is 18.3 Å². The zero-order valence-corrected chi connectivity index (χ0v) is 11.4. The van der Waals surface area contributed by atoms with Crippen molar-refractivity contribution in [3.63, 3.8) is 0 Å². The van der Waals surface area contributed by atoms with Gasteiger partial charge >= 0.3 is 5.97 Å². The summed E-state index contributed by atoms with van der Waals surface area (Å²) in [5, 5.41) is 8.96. The van der Waals surface area contributed by atoms with Crippen LogP contribution in [0.4, 0.5) is 0 Å². The Morgan fingerprint density at radius 3 is 2.50 bits per heavy atom. The van der Waals surface area contributed by atoms with E-state index in [-0.39, 0.29) is 11.3 Å². The fraction of sp³-hybridized carbons (Fsp3) is 0.0714. The first-order chi connectivity index (χ1) is 9.66. The van der Waals surface area contributed by atoms with E-state index in [0.29, 0.717) is 18.1 Å². The van der Waals surface area contributed by atoms with Crippen LogP contribution in [-0.4, -0.2) is 11.1 Å². The lowest BCUT2D eigenvalue weighted by Gasteiger charge is -2.06. The highest BCUT2D eigenvalue weighted by Gasteiger charge is 2.11. The molecule has 0 saturated heterocycles. The molecular weight excluding hydrogens is 280 g/mol. The molecule has 0 atom stereocenters. The molecule has 0 fully saturated rings. The summed E-state index contributed by atoms with van der Waals surface area (Å²) in [6, 6.07) is 13.5. The Bertz CT molecular complexity index is 582. The summed E-state index contributed by atoms with van der Waals surface area (Å²) in [6.45, 7) is 1.96. The molecule has 0 unspecified atom stereocenters. The van der Waals surface area contributed by atoms with Crippen LogP contribution < -0.4 is 9.07 Å². The van der Waals surface area contributed by atoms with Crippen molar-refractivity contribution in [2.75, 3.05) is 0 Å². The molecule has 2 aromatic rings. The van der Waals surface area contributed by atoms with Gasteiger partial charge in [-0.3, -0.25) is 0 Å². The SMILES string of the molecule is Cc1ccc(OOSOc2ccccc2C(=O)O)cc1. The van der Waals surface area contributed by atoms with Crippen molar-refractivity contribution in [2.24, 2.45) is 0 Å². The van der Waals surface area contributed by atoms with Gasteiger partial charge in [0, 0.05) is 0 Å². The molecule has 20 heavy (non-hydrogen) atoms. The van der Waals surface area contributed by atoms with Crippen LogP contribution in [0.3, 0.4) is 0 Å². The molecule has 2 aromatic carbocycles. The predicted molar refractivity (Wildman–Crippen MR) is 74.5 cm³/mol. The molecule has 0 aliphatic rings. The molecule has 0 aliphatic carbocycles. The molecule has 0 aromatic heterocycles. The van der Waals surface area contributed by atoms with Crippen LogP contribution in [0.25, 0.3) is 0 Å². The van der Waals surface area contributed by atoms with Crippen molar-refractivity contribution in [1.82, 2.24) is 0 Å². The molecule has 0 saturated carbocycles. The Kier molecular flexibility index (Phi) is 4.86. The van der Waals surface area contributed by atoms with Crippen molar-refractivity contribution in [3.8, 4) is 11.5 Å². The van der Waals surface area contributed by atoms with E-state index in [2.05, 4.69) is 0 Å². The summed E-state index contributed by atoms with van der Waals surface area (Å²) < 4.78 is 9.93. The van der Waals surface area contributed by atoms with Crippen LogP contribution in [0.2, 0.25) is 0 Å². The van der Waals surface area contributed by atoms with Crippen LogP contribution in [0.1, 0.15) is 15.9 Å². The van der Waals surface area contributed by atoms with Gasteiger partial charge in [-0.25, -0.2) is 4.79 Å². The minimum absolute atomic E-state index is 0.0546. The largest absolute Gasteiger partial charge is 0.478 e. The van der Waals surface area contributed by atoms with Crippen molar-refractivity contribution < 1.29 is 23.3 Å². The number of carbonyl (C=O) groups is 1. The van der Waals surface area contributed by atoms with Gasteiger partial charge in [-0.05, 0) is 31.2 Å². The van der Waals surface area contributed by atoms with E-state index in [1.165, 1.54) is 12.1 Å². The third kappa shape index (κ3) is 3.91. The lowest BCUT2D eigenvalue weighted by Crippen LogP contribution is -2.00. The molecule has 104 valence electrons. The molecule has 0 spiro atoms. The fourth-order valence-corrected chi connectivity index (χ4v) is 1.77. The summed E-state index contributed by atoms with van der Waals surface area (Å²) in [4.78, 5) is 15.9. The Morgan fingerprint density at radius 1 is 1.10 bits per heavy atom. The maximum atomic E-state index is 10.9. The zero-order chi connectivity index (χ0) is 14.4. The van der Waals surface area contributed by atoms with E-state index in [1.807, 2.05) is 19.1 Å². The molecule has 1 N–H and O–H groups in total. The van der Waals surface area contributed by atoms with Crippen molar-refractivity contribution in [3.05, 3.63) is 59.7 Å². The second kappa shape index (κ2) is 6.83. The van der Waals surface area contributed by atoms with E-state index in [0.717, 1.165) is 5.56 Å². The van der Waals surface area contributed by atoms with Crippen LogP contribution in [0, 0.1) is 6.92 Å². The number of hydrogen-bond donors (Lipinski definition) is 1. The topological polar surface area (TPSA) is 65.0 Å². The maximum Gasteiger partial charge on any atom is 0.339 e. The number of para-hydroxylation sites is 1. The van der Waals surface area contributed by atoms with Gasteiger partial charge in [0.25, 0.3) is 12.3 Å². The summed E-state index contributed by atoms with van der Waals surface area (Å²) in [6.07, 6.45) is 0. The van der Waals surface area contributed by atoms with Gasteiger partial charge in [0.2, 0.25) is 0 Å². The first-order valence-electron chi connectivity index (χ1n) is 5.73. The van der Waals surface area contributed by atoms with Crippen molar-refractivity contribution in [1.29, 1.82) is 0 Å². The maximum absolute atomic E-state index is 10.9. The molecule has 0 radical (unpaired) electrons. The van der Waals surface area contributed by atoms with E-state index in [9.17, 15) is 4.79 Å². The molecule has 0 amide bonds. The van der Waals surface area contributed by atoms with Gasteiger partial charge in [-0.15, -0.1) is 0 Å². The van der Waals surface area contributed by atoms with Crippen molar-refractivity contribution in [2.45, 2.75) is 6.92 Å². The molecule has 2 rings (SSSR count). The number of hydrogen-bond acceptors (Lipinski definition) is 5. The standard InChI is InChI=1S/C14H12O5S/c1-10-6-8-11(9-7-10)17-19-20-18-13-5-3-2-4-12(13)14(15)16/h2-9H,1H3,(H,15,16). The number of rotatable bonds is 6. The summed E-state index contributed by atoms with van der Waals surface area (Å²) in [5.41, 5.74) is 1.16.